The third-order valence-electron chi connectivity index (χ3n) is 3.94. The Bertz CT molecular complexity index is 860. The number of hydrogen-bond acceptors (Lipinski definition) is 6. The zero-order valence-electron chi connectivity index (χ0n) is 16.7. The monoisotopic (exact) mass is 401 g/mol. The maximum Gasteiger partial charge on any atom is 0.330 e. The standard InChI is InChI=1S/C21H27N3O5/c1-4-28-17-11-14(7-10-16(17)29-12-21(2,3)27)18(20(25)26)24-15-8-5-13(6-9-15)19(22)23/h5-11,18,24,27H,4,12H2,1-3H3,(H3,22,23)(H,25,26). The Hall–Kier alpha value is -3.26. The van der Waals surface area contributed by atoms with Crippen LogP contribution in [0.25, 0.3) is 0 Å². The summed E-state index contributed by atoms with van der Waals surface area (Å²) in [5, 5.41) is 30.0. The van der Waals surface area contributed by atoms with Gasteiger partial charge in [-0.15, -0.1) is 0 Å². The van der Waals surface area contributed by atoms with Crippen LogP contribution in [0.15, 0.2) is 42.5 Å². The fraction of sp³-hybridized carbons (Fsp3) is 0.333. The van der Waals surface area contributed by atoms with Crippen LogP contribution in [-0.2, 0) is 4.79 Å². The molecule has 2 aromatic carbocycles. The number of carboxylic acids is 1. The van der Waals surface area contributed by atoms with Gasteiger partial charge in [0.05, 0.1) is 12.2 Å². The Labute approximate surface area is 169 Å². The average molecular weight is 401 g/mol. The molecule has 0 aliphatic rings. The van der Waals surface area contributed by atoms with Crippen molar-refractivity contribution in [3.63, 3.8) is 0 Å². The van der Waals surface area contributed by atoms with Gasteiger partial charge < -0.3 is 30.7 Å². The number of carboxylic acid groups (broad SMARTS) is 1. The number of amidine groups is 1. The average Bonchev–Trinajstić information content (AvgIpc) is 2.64. The molecule has 0 radical (unpaired) electrons. The second-order valence-corrected chi connectivity index (χ2v) is 7.15. The number of nitrogens with two attached hydrogens (primary N) is 1. The Morgan fingerprint density at radius 3 is 2.34 bits per heavy atom. The zero-order valence-corrected chi connectivity index (χ0v) is 16.7. The van der Waals surface area contributed by atoms with E-state index < -0.39 is 17.6 Å². The van der Waals surface area contributed by atoms with Gasteiger partial charge in [-0.25, -0.2) is 4.79 Å². The number of hydrogen-bond donors (Lipinski definition) is 5. The lowest BCUT2D eigenvalue weighted by Gasteiger charge is -2.21. The van der Waals surface area contributed by atoms with Crippen LogP contribution in [0, 0.1) is 5.41 Å². The Morgan fingerprint density at radius 2 is 1.83 bits per heavy atom. The summed E-state index contributed by atoms with van der Waals surface area (Å²) in [6, 6.07) is 10.5. The van der Waals surface area contributed by atoms with E-state index in [0.29, 0.717) is 34.9 Å². The van der Waals surface area contributed by atoms with Gasteiger partial charge in [0, 0.05) is 11.3 Å². The SMILES string of the molecule is CCOc1cc(C(Nc2ccc(C(=N)N)cc2)C(=O)O)ccc1OCC(C)(C)O. The van der Waals surface area contributed by atoms with Crippen molar-refractivity contribution in [2.24, 2.45) is 5.73 Å². The molecule has 0 amide bonds. The van der Waals surface area contributed by atoms with Gasteiger partial charge in [-0.2, -0.15) is 0 Å². The van der Waals surface area contributed by atoms with Gasteiger partial charge in [0.25, 0.3) is 0 Å². The summed E-state index contributed by atoms with van der Waals surface area (Å²) in [7, 11) is 0. The number of aliphatic hydroxyl groups is 1. The number of nitrogen functional groups attached to an aromatic ring is 1. The van der Waals surface area contributed by atoms with Gasteiger partial charge in [0.2, 0.25) is 0 Å². The summed E-state index contributed by atoms with van der Waals surface area (Å²) in [6.07, 6.45) is 0. The summed E-state index contributed by atoms with van der Waals surface area (Å²) in [5.74, 6) is -0.301. The first kappa shape index (κ1) is 22.0. The number of carbonyl (C=O) groups is 1. The molecule has 1 atom stereocenters. The van der Waals surface area contributed by atoms with Crippen LogP contribution in [0.1, 0.15) is 37.9 Å². The van der Waals surface area contributed by atoms with Crippen LogP contribution in [0.5, 0.6) is 11.5 Å². The van der Waals surface area contributed by atoms with E-state index >= 15 is 0 Å². The van der Waals surface area contributed by atoms with Gasteiger partial charge in [-0.3, -0.25) is 5.41 Å². The smallest absolute Gasteiger partial charge is 0.330 e. The van der Waals surface area contributed by atoms with Crippen LogP contribution >= 0.6 is 0 Å². The van der Waals surface area contributed by atoms with E-state index in [9.17, 15) is 15.0 Å². The van der Waals surface area contributed by atoms with Crippen LogP contribution < -0.4 is 20.5 Å². The number of anilines is 1. The highest BCUT2D eigenvalue weighted by molar-refractivity contribution is 5.95. The summed E-state index contributed by atoms with van der Waals surface area (Å²) >= 11 is 0. The third-order valence-corrected chi connectivity index (χ3v) is 3.94. The molecule has 8 nitrogen and oxygen atoms in total. The van der Waals surface area contributed by atoms with Crippen molar-refractivity contribution < 1.29 is 24.5 Å². The van der Waals surface area contributed by atoms with E-state index in [2.05, 4.69) is 5.32 Å². The Balaban J connectivity index is 2.28. The molecule has 156 valence electrons. The lowest BCUT2D eigenvalue weighted by molar-refractivity contribution is -0.138. The van der Waals surface area contributed by atoms with E-state index in [4.69, 9.17) is 20.6 Å². The first-order valence-electron chi connectivity index (χ1n) is 9.16. The Morgan fingerprint density at radius 1 is 1.17 bits per heavy atom. The van der Waals surface area contributed by atoms with E-state index in [-0.39, 0.29) is 12.4 Å². The highest BCUT2D eigenvalue weighted by Gasteiger charge is 2.22. The first-order chi connectivity index (χ1) is 13.6. The fourth-order valence-electron chi connectivity index (χ4n) is 2.55. The predicted molar refractivity (Wildman–Crippen MR) is 111 cm³/mol. The van der Waals surface area contributed by atoms with Gasteiger partial charge in [-0.05, 0) is 62.7 Å². The highest BCUT2D eigenvalue weighted by atomic mass is 16.5. The highest BCUT2D eigenvalue weighted by Crippen LogP contribution is 2.32. The third kappa shape index (κ3) is 6.39. The molecule has 0 fully saturated rings. The maximum absolute atomic E-state index is 11.9. The van der Waals surface area contributed by atoms with Gasteiger partial charge in [0.15, 0.2) is 17.5 Å². The molecule has 0 heterocycles. The second-order valence-electron chi connectivity index (χ2n) is 7.15. The molecule has 1 unspecified atom stereocenters. The molecule has 0 aliphatic heterocycles. The quantitative estimate of drug-likeness (QED) is 0.305. The van der Waals surface area contributed by atoms with Crippen LogP contribution in [0.4, 0.5) is 5.69 Å². The lowest BCUT2D eigenvalue weighted by Crippen LogP contribution is -2.28. The largest absolute Gasteiger partial charge is 0.490 e. The molecule has 2 rings (SSSR count). The van der Waals surface area contributed by atoms with E-state index in [1.165, 1.54) is 0 Å². The Kier molecular flexibility index (Phi) is 7.06. The minimum absolute atomic E-state index is 0.0608. The summed E-state index contributed by atoms with van der Waals surface area (Å²) in [6.45, 7) is 5.51. The van der Waals surface area contributed by atoms with Gasteiger partial charge in [0.1, 0.15) is 12.4 Å². The van der Waals surface area contributed by atoms with Crippen LogP contribution in [-0.4, -0.2) is 40.8 Å². The van der Waals surface area contributed by atoms with E-state index in [1.807, 2.05) is 6.92 Å². The number of benzene rings is 2. The second kappa shape index (κ2) is 9.29. The van der Waals surface area contributed by atoms with E-state index in [0.717, 1.165) is 0 Å². The van der Waals surface area contributed by atoms with Gasteiger partial charge in [-0.1, -0.05) is 6.07 Å². The predicted octanol–water partition coefficient (Wildman–Crippen LogP) is 2.76. The topological polar surface area (TPSA) is 138 Å². The molecular formula is C21H27N3O5. The number of ether oxygens (including phenoxy) is 2. The molecule has 0 saturated heterocycles. The number of aliphatic carboxylic acids is 1. The van der Waals surface area contributed by atoms with Crippen molar-refractivity contribution in [3.8, 4) is 11.5 Å². The van der Waals surface area contributed by atoms with Crippen molar-refractivity contribution in [3.05, 3.63) is 53.6 Å². The molecule has 2 aromatic rings. The molecule has 8 heteroatoms. The zero-order chi connectivity index (χ0) is 21.6. The minimum atomic E-state index is -1.06. The summed E-state index contributed by atoms with van der Waals surface area (Å²) in [5.41, 5.74) is 6.03. The molecule has 0 aliphatic carbocycles. The molecular weight excluding hydrogens is 374 g/mol. The van der Waals surface area contributed by atoms with Gasteiger partial charge >= 0.3 is 5.97 Å². The van der Waals surface area contributed by atoms with Crippen molar-refractivity contribution in [2.75, 3.05) is 18.5 Å². The molecule has 0 aromatic heterocycles. The van der Waals surface area contributed by atoms with Crippen LogP contribution in [0.2, 0.25) is 0 Å². The summed E-state index contributed by atoms with van der Waals surface area (Å²) in [4.78, 5) is 11.9. The molecule has 0 bridgehead atoms. The molecule has 6 N–H and O–H groups in total. The normalized spacial score (nSPS) is 12.1. The number of rotatable bonds is 10. The minimum Gasteiger partial charge on any atom is -0.490 e. The molecule has 0 saturated carbocycles. The fourth-order valence-corrected chi connectivity index (χ4v) is 2.55. The summed E-state index contributed by atoms with van der Waals surface area (Å²) < 4.78 is 11.2. The van der Waals surface area contributed by atoms with Crippen molar-refractivity contribution >= 4 is 17.5 Å². The molecule has 29 heavy (non-hydrogen) atoms. The first-order valence-corrected chi connectivity index (χ1v) is 9.16. The molecule has 0 spiro atoms. The van der Waals surface area contributed by atoms with Crippen molar-refractivity contribution in [1.82, 2.24) is 0 Å². The van der Waals surface area contributed by atoms with Crippen LogP contribution in [0.3, 0.4) is 0 Å². The maximum atomic E-state index is 11.9. The van der Waals surface area contributed by atoms with Crippen molar-refractivity contribution in [1.29, 1.82) is 5.41 Å². The van der Waals surface area contributed by atoms with Crippen molar-refractivity contribution in [2.45, 2.75) is 32.4 Å². The number of nitrogens with one attached hydrogen (secondary N) is 2. The lowest BCUT2D eigenvalue weighted by atomic mass is 10.1. The van der Waals surface area contributed by atoms with E-state index in [1.54, 1.807) is 56.3 Å².